The van der Waals surface area contributed by atoms with E-state index in [0.717, 1.165) is 86.3 Å². The lowest BCUT2D eigenvalue weighted by Crippen LogP contribution is -2.45. The second kappa shape index (κ2) is 47.4. The number of amides is 4. The van der Waals surface area contributed by atoms with E-state index in [2.05, 4.69) is 35.2 Å². The standard InChI is InChI=1S/C45H55N5O7.C44H54N4O7.CH4N2.ClH/c1-5-6-7-8-10-30-12-15-34(28(2)21-30)41(54)26-33(18-20-48-27-47)45(57)50(4)43-32-14-17-39(52)36(25-32)35-23-31(13-16-38(35)51)24-37(40(53)11-9-19-46)49-44(56)29(3)22-42(43)55;1-5-6-7-8-10-29-12-15-33(27(2)21-29)40(52)26-32(18-20-46)44(55)48(4)42-31-14-17-38(50)35(25-31)34-23-30(13-16-37(34)49)24-36(39(51)11-9-19-45)47-43(54)28(3)22-41(42)53;2-1-3;/h12-17,21,23,25,27,29,33,37,43,51-52H,5-11,18,20,22,24,26H2,1-4H3,(H2,47,48)(H,49,56);12-17,21,23,25,28,32,36,42,49-50H,5-11,18,20,22,24,26,46H2,1-4H3,(H,47,54);1H,(H3,2,3);1H/t29-,33-,37+,43+;28-,32-,36+,42+;;/m11../s1. The average molecular weight is 1610 g/mol. The molecule has 0 saturated heterocycles. The van der Waals surface area contributed by atoms with Crippen molar-refractivity contribution in [3.63, 3.8) is 0 Å². The molecular formula is C90H114ClN11O14. The topological polar surface area (TPSA) is 444 Å². The number of ketones is 6. The van der Waals surface area contributed by atoms with E-state index in [-0.39, 0.29) is 171 Å². The fraction of sp³-hybridized carbons (Fsp3) is 0.444. The zero-order valence-corrected chi connectivity index (χ0v) is 68.7. The van der Waals surface area contributed by atoms with Crippen LogP contribution in [-0.4, -0.2) is 140 Å². The number of rotatable bonds is 31. The Labute approximate surface area is 686 Å². The van der Waals surface area contributed by atoms with Gasteiger partial charge in [0.1, 0.15) is 35.1 Å². The number of halogens is 1. The fourth-order valence-corrected chi connectivity index (χ4v) is 14.8. The molecule has 0 unspecified atom stereocenters. The van der Waals surface area contributed by atoms with E-state index >= 15 is 0 Å². The Morgan fingerprint density at radius 3 is 1.28 bits per heavy atom. The molecule has 2 aliphatic rings. The molecule has 8 rings (SSSR count). The third-order valence-electron chi connectivity index (χ3n) is 21.2. The Kier molecular flexibility index (Phi) is 38.9. The van der Waals surface area contributed by atoms with Gasteiger partial charge in [0.15, 0.2) is 34.7 Å². The van der Waals surface area contributed by atoms with Crippen LogP contribution in [0.5, 0.6) is 23.0 Å². The highest BCUT2D eigenvalue weighted by molar-refractivity contribution is 6.03. The molecule has 8 bridgehead atoms. The molecule has 0 spiro atoms. The van der Waals surface area contributed by atoms with Gasteiger partial charge in [0, 0.05) is 129 Å². The van der Waals surface area contributed by atoms with Gasteiger partial charge in [-0.2, -0.15) is 10.5 Å². The first-order valence-corrected chi connectivity index (χ1v) is 39.6. The first-order valence-electron chi connectivity index (χ1n) is 39.6. The van der Waals surface area contributed by atoms with Gasteiger partial charge in [0.25, 0.3) is 0 Å². The quantitative estimate of drug-likeness (QED) is 0.00836. The molecule has 6 aromatic carbocycles. The highest BCUT2D eigenvalue weighted by Crippen LogP contribution is 2.42. The van der Waals surface area contributed by atoms with Crippen molar-refractivity contribution in [3.05, 3.63) is 165 Å². The van der Waals surface area contributed by atoms with E-state index in [4.69, 9.17) is 27.4 Å². The number of likely N-dealkylation sites (N-methyl/N-ethyl adjacent to an activating group) is 2. The molecule has 25 nitrogen and oxygen atoms in total. The van der Waals surface area contributed by atoms with E-state index in [9.17, 15) is 68.4 Å². The maximum atomic E-state index is 14.6. The number of benzene rings is 6. The zero-order valence-electron chi connectivity index (χ0n) is 67.9. The van der Waals surface area contributed by atoms with E-state index in [1.807, 2.05) is 62.4 Å². The number of nitrogens with one attached hydrogen (secondary N) is 3. The Hall–Kier alpha value is -11.4. The Morgan fingerprint density at radius 1 is 0.552 bits per heavy atom. The number of phenolic OH excluding ortho intramolecular Hbond substituents is 4. The van der Waals surface area contributed by atoms with Crippen molar-refractivity contribution in [2.45, 2.75) is 207 Å². The molecule has 0 radical (unpaired) electrons. The molecule has 13 N–H and O–H groups in total. The molecule has 2 heterocycles. The minimum Gasteiger partial charge on any atom is -0.507 e. The van der Waals surface area contributed by atoms with Gasteiger partial charge in [-0.3, -0.25) is 58.3 Å². The van der Waals surface area contributed by atoms with Crippen molar-refractivity contribution >= 4 is 83.4 Å². The van der Waals surface area contributed by atoms with Gasteiger partial charge in [-0.1, -0.05) is 127 Å². The van der Waals surface area contributed by atoms with E-state index < -0.39 is 83.0 Å². The van der Waals surface area contributed by atoms with Crippen molar-refractivity contribution in [2.75, 3.05) is 27.2 Å². The van der Waals surface area contributed by atoms with Crippen LogP contribution in [0.1, 0.15) is 221 Å². The molecule has 26 heteroatoms. The number of carbonyl (C=O) groups excluding carboxylic acids is 10. The van der Waals surface area contributed by atoms with Gasteiger partial charge in [-0.05, 0) is 165 Å². The molecule has 0 aromatic heterocycles. The second-order valence-corrected chi connectivity index (χ2v) is 30.0. The van der Waals surface area contributed by atoms with Gasteiger partial charge < -0.3 is 58.1 Å². The molecule has 620 valence electrons. The van der Waals surface area contributed by atoms with Crippen LogP contribution in [0.2, 0.25) is 0 Å². The minimum atomic E-state index is -1.27. The summed E-state index contributed by atoms with van der Waals surface area (Å²) in [5.41, 5.74) is 23.4. The van der Waals surface area contributed by atoms with Crippen LogP contribution in [-0.2, 0) is 64.0 Å². The van der Waals surface area contributed by atoms with Crippen LogP contribution >= 0.6 is 12.4 Å². The van der Waals surface area contributed by atoms with E-state index in [1.165, 1.54) is 85.3 Å². The normalized spacial score (nSPS) is 17.2. The first kappa shape index (κ1) is 95.2. The number of aliphatic imine (C=N–C) groups is 1. The number of carbonyl (C=O) groups is 10. The number of unbranched alkanes of at least 4 members (excludes halogenated alkanes) is 6. The number of nitriles is 2. The van der Waals surface area contributed by atoms with Gasteiger partial charge in [-0.25, -0.2) is 0 Å². The van der Waals surface area contributed by atoms with E-state index in [0.29, 0.717) is 33.4 Å². The summed E-state index contributed by atoms with van der Waals surface area (Å²) in [6.45, 7) is 11.5. The zero-order chi connectivity index (χ0) is 84.6. The van der Waals surface area contributed by atoms with Crippen LogP contribution in [0.15, 0.2) is 114 Å². The van der Waals surface area contributed by atoms with Crippen molar-refractivity contribution in [1.29, 1.82) is 15.9 Å². The third kappa shape index (κ3) is 26.8. The Morgan fingerprint density at radius 2 is 0.922 bits per heavy atom. The van der Waals surface area contributed by atoms with Crippen molar-refractivity contribution < 1.29 is 68.4 Å². The number of phenols is 4. The second-order valence-electron chi connectivity index (χ2n) is 30.0. The molecule has 2 aliphatic heterocycles. The molecule has 6 aromatic rings. The van der Waals surface area contributed by atoms with Crippen LogP contribution in [0, 0.1) is 65.6 Å². The Balaban J connectivity index is 0.000000397. The number of nitrogens with zero attached hydrogens (tertiary/aromatic N) is 5. The lowest BCUT2D eigenvalue weighted by atomic mass is 9.87. The van der Waals surface area contributed by atoms with Crippen LogP contribution < -0.4 is 27.8 Å². The number of fused-ring (bicyclic) bond motifs is 10. The summed E-state index contributed by atoms with van der Waals surface area (Å²) in [5, 5.41) is 73.6. The summed E-state index contributed by atoms with van der Waals surface area (Å²) in [6.07, 6.45) is 12.1. The molecule has 4 amide bonds. The summed E-state index contributed by atoms with van der Waals surface area (Å²) in [6, 6.07) is 29.0. The fourth-order valence-electron chi connectivity index (χ4n) is 14.8. The predicted molar refractivity (Wildman–Crippen MR) is 449 cm³/mol. The van der Waals surface area contributed by atoms with Crippen molar-refractivity contribution in [3.8, 4) is 57.4 Å². The number of aryl methyl sites for hydroxylation is 4. The van der Waals surface area contributed by atoms with Crippen LogP contribution in [0.3, 0.4) is 0 Å². The molecule has 116 heavy (non-hydrogen) atoms. The van der Waals surface area contributed by atoms with Crippen LogP contribution in [0.4, 0.5) is 0 Å². The average Bonchev–Trinajstić information content (AvgIpc) is 0.785. The summed E-state index contributed by atoms with van der Waals surface area (Å²) < 4.78 is 0. The summed E-state index contributed by atoms with van der Waals surface area (Å²) in [7, 11) is 2.94. The van der Waals surface area contributed by atoms with Gasteiger partial charge in [0.05, 0.1) is 36.9 Å². The molecule has 0 fully saturated rings. The van der Waals surface area contributed by atoms with Crippen molar-refractivity contribution in [2.24, 2.45) is 45.9 Å². The lowest BCUT2D eigenvalue weighted by Gasteiger charge is -2.32. The summed E-state index contributed by atoms with van der Waals surface area (Å²) >= 11 is 0. The largest absolute Gasteiger partial charge is 0.507 e. The third-order valence-corrected chi connectivity index (χ3v) is 21.2. The van der Waals surface area contributed by atoms with Crippen LogP contribution in [0.25, 0.3) is 22.3 Å². The SMILES string of the molecule is CCCCCCc1ccc(C(=O)C[C@@H](CCN)C(=O)N(C)[C@@H]2C(=O)C[C@@H](C)C(=O)N[C@H](C(=O)CCC#N)Cc3ccc(O)c(c3)-c3cc2ccc3O)c(C)c1.CCCCCCc1ccc(C(=O)C[C@@H](CCN=CN)C(=O)N(C)[C@@H]2C(=O)C[C@@H](C)C(=O)N[C@H](C(=O)CCC#N)Cc3ccc(O)c(c3)-c3cc2ccc3O)c(C)c1.Cl.N=CN. The molecule has 8 atom stereocenters. The predicted octanol–water partition coefficient (Wildman–Crippen LogP) is 12.9. The highest BCUT2D eigenvalue weighted by Gasteiger charge is 2.39. The monoisotopic (exact) mass is 1610 g/mol. The lowest BCUT2D eigenvalue weighted by molar-refractivity contribution is -0.142. The van der Waals surface area contributed by atoms with Gasteiger partial charge in [-0.15, -0.1) is 12.4 Å². The number of hydrogen-bond donors (Lipinski definition) is 10. The molecule has 0 saturated carbocycles. The molecular weight excluding hydrogens is 1490 g/mol. The number of aromatic hydroxyl groups is 4. The highest BCUT2D eigenvalue weighted by atomic mass is 35.5. The molecule has 0 aliphatic carbocycles. The smallest absolute Gasteiger partial charge is 0.226 e. The number of Topliss-reactive ketones (excluding diaryl/α,β-unsaturated/α-hetero) is 6. The minimum absolute atomic E-state index is 0. The van der Waals surface area contributed by atoms with E-state index in [1.54, 1.807) is 38.1 Å². The number of hydrogen-bond acceptors (Lipinski definition) is 19. The summed E-state index contributed by atoms with van der Waals surface area (Å²) in [4.78, 5) is 145. The number of nitrogens with two attached hydrogens (primary N) is 3. The maximum Gasteiger partial charge on any atom is 0.226 e. The van der Waals surface area contributed by atoms with Gasteiger partial charge in [0.2, 0.25) is 23.6 Å². The summed E-state index contributed by atoms with van der Waals surface area (Å²) in [5.74, 6) is -8.56. The first-order chi connectivity index (χ1) is 55.0. The van der Waals surface area contributed by atoms with Gasteiger partial charge >= 0.3 is 0 Å². The Bertz CT molecular complexity index is 4590. The van der Waals surface area contributed by atoms with Crippen molar-refractivity contribution in [1.82, 2.24) is 20.4 Å². The maximum absolute atomic E-state index is 14.6.